The molecule has 24 heavy (non-hydrogen) atoms. The Kier molecular flexibility index (Phi) is 5.84. The quantitative estimate of drug-likeness (QED) is 0.749. The van der Waals surface area contributed by atoms with E-state index >= 15 is 0 Å². The molecule has 0 bridgehead atoms. The zero-order chi connectivity index (χ0) is 16.8. The van der Waals surface area contributed by atoms with Crippen LogP contribution in [0.25, 0.3) is 0 Å². The van der Waals surface area contributed by atoms with Gasteiger partial charge in [-0.2, -0.15) is 0 Å². The summed E-state index contributed by atoms with van der Waals surface area (Å²) in [5.74, 6) is 0. The van der Waals surface area contributed by atoms with Gasteiger partial charge in [-0.1, -0.05) is 72.8 Å². The summed E-state index contributed by atoms with van der Waals surface area (Å²) < 4.78 is 0. The first-order valence-electron chi connectivity index (χ1n) is 9.01. The number of rotatable bonds is 6. The minimum atomic E-state index is 0.360. The maximum atomic E-state index is 3.83. The van der Waals surface area contributed by atoms with Crippen molar-refractivity contribution in [1.29, 1.82) is 0 Å². The molecule has 126 valence electrons. The number of benzene rings is 2. The molecule has 3 rings (SSSR count). The third-order valence-corrected chi connectivity index (χ3v) is 4.96. The molecule has 2 heteroatoms. The highest BCUT2D eigenvalue weighted by Crippen LogP contribution is 2.21. The Morgan fingerprint density at radius 2 is 1.04 bits per heavy atom. The summed E-state index contributed by atoms with van der Waals surface area (Å²) in [4.78, 5) is 0. The van der Waals surface area contributed by atoms with Crippen molar-refractivity contribution >= 4 is 0 Å². The van der Waals surface area contributed by atoms with E-state index in [4.69, 9.17) is 0 Å². The van der Waals surface area contributed by atoms with Gasteiger partial charge in [0.1, 0.15) is 0 Å². The van der Waals surface area contributed by atoms with Crippen LogP contribution in [-0.4, -0.2) is 12.1 Å². The normalized spacial score (nSPS) is 22.9. The van der Waals surface area contributed by atoms with Crippen molar-refractivity contribution in [3.63, 3.8) is 0 Å². The van der Waals surface area contributed by atoms with E-state index in [1.807, 2.05) is 0 Å². The van der Waals surface area contributed by atoms with E-state index in [2.05, 4.69) is 97.3 Å². The van der Waals surface area contributed by atoms with Crippen LogP contribution in [0.4, 0.5) is 0 Å². The molecule has 2 N–H and O–H groups in total. The first-order chi connectivity index (χ1) is 11.7. The molecule has 2 aromatic rings. The highest BCUT2D eigenvalue weighted by atomic mass is 15.1. The molecule has 0 radical (unpaired) electrons. The Morgan fingerprint density at radius 3 is 1.42 bits per heavy atom. The zero-order valence-corrected chi connectivity index (χ0v) is 14.7. The monoisotopic (exact) mass is 320 g/mol. The third kappa shape index (κ3) is 4.34. The van der Waals surface area contributed by atoms with Crippen molar-refractivity contribution < 1.29 is 0 Å². The van der Waals surface area contributed by atoms with Gasteiger partial charge in [-0.3, -0.25) is 0 Å². The molecule has 1 aliphatic carbocycles. The smallest absolute Gasteiger partial charge is 0.0295 e. The van der Waals surface area contributed by atoms with Crippen molar-refractivity contribution in [2.24, 2.45) is 0 Å². The highest BCUT2D eigenvalue weighted by Gasteiger charge is 2.25. The Hall–Kier alpha value is -1.90. The molecule has 0 spiro atoms. The van der Waals surface area contributed by atoms with Crippen molar-refractivity contribution in [1.82, 2.24) is 10.6 Å². The molecular formula is C22H28N2. The van der Waals surface area contributed by atoms with Gasteiger partial charge >= 0.3 is 0 Å². The van der Waals surface area contributed by atoms with Crippen molar-refractivity contribution in [2.75, 3.05) is 0 Å². The summed E-state index contributed by atoms with van der Waals surface area (Å²) in [5.41, 5.74) is 2.70. The van der Waals surface area contributed by atoms with Crippen LogP contribution in [0.2, 0.25) is 0 Å². The van der Waals surface area contributed by atoms with E-state index in [1.54, 1.807) is 0 Å². The maximum Gasteiger partial charge on any atom is 0.0295 e. The lowest BCUT2D eigenvalue weighted by Crippen LogP contribution is -2.50. The molecule has 0 unspecified atom stereocenters. The van der Waals surface area contributed by atoms with Crippen molar-refractivity contribution in [3.05, 3.63) is 83.9 Å². The lowest BCUT2D eigenvalue weighted by Gasteiger charge is -2.35. The fourth-order valence-electron chi connectivity index (χ4n) is 3.50. The molecule has 0 saturated heterocycles. The van der Waals surface area contributed by atoms with Gasteiger partial charge in [-0.25, -0.2) is 0 Å². The lowest BCUT2D eigenvalue weighted by atomic mass is 9.93. The molecule has 0 aromatic heterocycles. The Bertz CT molecular complexity index is 578. The fourth-order valence-corrected chi connectivity index (χ4v) is 3.50. The van der Waals surface area contributed by atoms with Crippen LogP contribution in [0, 0.1) is 0 Å². The zero-order valence-electron chi connectivity index (χ0n) is 14.7. The first-order valence-corrected chi connectivity index (χ1v) is 9.01. The standard InChI is InChI=1S/C22H28N2/c1-17(19-11-5-3-6-12-19)23-21-15-9-10-16-22(21)24-18(2)20-13-7-4-8-14-20/h3-14,17-18,21-24H,15-16H2,1-2H3/t17-,18-,21-,22-/m0/s1. The van der Waals surface area contributed by atoms with Gasteiger partial charge in [0.15, 0.2) is 0 Å². The highest BCUT2D eigenvalue weighted by molar-refractivity contribution is 5.20. The summed E-state index contributed by atoms with van der Waals surface area (Å²) in [7, 11) is 0. The molecule has 0 aliphatic heterocycles. The Labute approximate surface area is 146 Å². The predicted molar refractivity (Wildman–Crippen MR) is 102 cm³/mol. The van der Waals surface area contributed by atoms with Gasteiger partial charge in [0.25, 0.3) is 0 Å². The van der Waals surface area contributed by atoms with Gasteiger partial charge in [0.05, 0.1) is 0 Å². The summed E-state index contributed by atoms with van der Waals surface area (Å²) >= 11 is 0. The van der Waals surface area contributed by atoms with Crippen LogP contribution >= 0.6 is 0 Å². The van der Waals surface area contributed by atoms with Crippen molar-refractivity contribution in [2.45, 2.75) is 50.9 Å². The summed E-state index contributed by atoms with van der Waals surface area (Å²) in [5, 5.41) is 7.66. The molecule has 4 atom stereocenters. The second-order valence-corrected chi connectivity index (χ2v) is 6.75. The maximum absolute atomic E-state index is 3.83. The second-order valence-electron chi connectivity index (χ2n) is 6.75. The summed E-state index contributed by atoms with van der Waals surface area (Å²) in [6.45, 7) is 4.51. The summed E-state index contributed by atoms with van der Waals surface area (Å²) in [6.07, 6.45) is 6.77. The van der Waals surface area contributed by atoms with Crippen LogP contribution in [0.5, 0.6) is 0 Å². The van der Waals surface area contributed by atoms with E-state index in [0.717, 1.165) is 12.8 Å². The van der Waals surface area contributed by atoms with Gasteiger partial charge in [0.2, 0.25) is 0 Å². The van der Waals surface area contributed by atoms with Crippen LogP contribution in [-0.2, 0) is 0 Å². The molecule has 2 aromatic carbocycles. The van der Waals surface area contributed by atoms with Gasteiger partial charge in [0, 0.05) is 24.2 Å². The summed E-state index contributed by atoms with van der Waals surface area (Å²) in [6, 6.07) is 23.0. The van der Waals surface area contributed by atoms with Crippen LogP contribution in [0.15, 0.2) is 72.8 Å². The Morgan fingerprint density at radius 1 is 0.667 bits per heavy atom. The number of nitrogens with one attached hydrogen (secondary N) is 2. The minimum Gasteiger partial charge on any atom is -0.306 e. The van der Waals surface area contributed by atoms with E-state index in [-0.39, 0.29) is 0 Å². The SMILES string of the molecule is C[C@H](N[C@H]1CC=CC[C@@H]1N[C@@H](C)c1ccccc1)c1ccccc1. The molecule has 1 aliphatic rings. The number of hydrogen-bond donors (Lipinski definition) is 2. The first kappa shape index (κ1) is 16.9. The molecule has 0 heterocycles. The predicted octanol–water partition coefficient (Wildman–Crippen LogP) is 4.78. The van der Waals surface area contributed by atoms with Crippen LogP contribution < -0.4 is 10.6 Å². The molecule has 0 saturated carbocycles. The average molecular weight is 320 g/mol. The largest absolute Gasteiger partial charge is 0.306 e. The third-order valence-electron chi connectivity index (χ3n) is 4.96. The van der Waals surface area contributed by atoms with E-state index in [9.17, 15) is 0 Å². The number of hydrogen-bond acceptors (Lipinski definition) is 2. The van der Waals surface area contributed by atoms with Gasteiger partial charge in [-0.15, -0.1) is 0 Å². The lowest BCUT2D eigenvalue weighted by molar-refractivity contribution is 0.315. The van der Waals surface area contributed by atoms with Gasteiger partial charge < -0.3 is 10.6 Å². The van der Waals surface area contributed by atoms with Gasteiger partial charge in [-0.05, 0) is 37.8 Å². The molecule has 0 fully saturated rings. The average Bonchev–Trinajstić information content (AvgIpc) is 2.64. The van der Waals surface area contributed by atoms with E-state index in [0.29, 0.717) is 24.2 Å². The van der Waals surface area contributed by atoms with Crippen LogP contribution in [0.1, 0.15) is 49.9 Å². The Balaban J connectivity index is 1.64. The molecule has 2 nitrogen and oxygen atoms in total. The van der Waals surface area contributed by atoms with Crippen LogP contribution in [0.3, 0.4) is 0 Å². The molecule has 0 amide bonds. The topological polar surface area (TPSA) is 24.1 Å². The fraction of sp³-hybridized carbons (Fsp3) is 0.364. The van der Waals surface area contributed by atoms with E-state index in [1.165, 1.54) is 11.1 Å². The molecular weight excluding hydrogens is 292 g/mol. The minimum absolute atomic E-state index is 0.360. The van der Waals surface area contributed by atoms with E-state index < -0.39 is 0 Å². The van der Waals surface area contributed by atoms with Crippen molar-refractivity contribution in [3.8, 4) is 0 Å². The second kappa shape index (κ2) is 8.27.